The predicted octanol–water partition coefficient (Wildman–Crippen LogP) is 3.36. The Morgan fingerprint density at radius 1 is 1.25 bits per heavy atom. The molecule has 0 amide bonds. The molecule has 0 atom stereocenters. The molecule has 0 bridgehead atoms. The van der Waals surface area contributed by atoms with Crippen LogP contribution < -0.4 is 0 Å². The van der Waals surface area contributed by atoms with Gasteiger partial charge in [0.2, 0.25) is 0 Å². The van der Waals surface area contributed by atoms with E-state index in [1.807, 2.05) is 25.3 Å². The Morgan fingerprint density at radius 2 is 1.88 bits per heavy atom. The first-order chi connectivity index (χ1) is 7.09. The molecule has 2 aromatic rings. The molecule has 3 heteroatoms. The van der Waals surface area contributed by atoms with Crippen LogP contribution in [0.25, 0.3) is 10.9 Å². The van der Waals surface area contributed by atoms with Gasteiger partial charge in [0.05, 0.1) is 0 Å². The zero-order chi connectivity index (χ0) is 11.3. The molecule has 0 saturated heterocycles. The van der Waals surface area contributed by atoms with Gasteiger partial charge in [-0.15, -0.1) is 0 Å². The molecule has 2 nitrogen and oxygen atoms in total. The van der Waals surface area contributed by atoms with Crippen LogP contribution in [0.15, 0.2) is 24.4 Å². The van der Waals surface area contributed by atoms with Crippen molar-refractivity contribution < 1.29 is 32.7 Å². The zero-order valence-electron chi connectivity index (χ0n) is 10.3. The summed E-state index contributed by atoms with van der Waals surface area (Å²) in [4.78, 5) is 8.23. The normalized spacial score (nSPS) is 9.31. The monoisotopic (exact) mass is 289 g/mol. The van der Waals surface area contributed by atoms with Gasteiger partial charge in [0, 0.05) is 44.6 Å². The summed E-state index contributed by atoms with van der Waals surface area (Å²) in [5, 5.41) is 1.06. The van der Waals surface area contributed by atoms with Crippen molar-refractivity contribution in [2.45, 2.75) is 27.7 Å². The Hall–Kier alpha value is -0.336. The fourth-order valence-corrected chi connectivity index (χ4v) is 1.02. The summed E-state index contributed by atoms with van der Waals surface area (Å²) in [5.41, 5.74) is 1.95. The van der Waals surface area contributed by atoms with E-state index >= 15 is 0 Å². The standard InChI is InChI=1S/C9H7N2.C4H9.Y/c1-7-5-9-8(6-11-7)3-2-4-10-9;1-4(2)3;/h2-3,5-6H,1H3;1-3H3;/q2*-1;. The van der Waals surface area contributed by atoms with Gasteiger partial charge in [0.1, 0.15) is 0 Å². The molecule has 0 aromatic carbocycles. The minimum atomic E-state index is 0. The van der Waals surface area contributed by atoms with E-state index in [9.17, 15) is 0 Å². The quantitative estimate of drug-likeness (QED) is 0.695. The summed E-state index contributed by atoms with van der Waals surface area (Å²) < 4.78 is 0. The van der Waals surface area contributed by atoms with E-state index in [0.717, 1.165) is 16.6 Å². The molecule has 2 heterocycles. The van der Waals surface area contributed by atoms with E-state index in [0.29, 0.717) is 0 Å². The fourth-order valence-electron chi connectivity index (χ4n) is 1.02. The second-order valence-corrected chi connectivity index (χ2v) is 3.96. The largest absolute Gasteiger partial charge is 0.386 e. The van der Waals surface area contributed by atoms with Crippen LogP contribution in [0.2, 0.25) is 0 Å². The van der Waals surface area contributed by atoms with Gasteiger partial charge in [-0.05, 0) is 12.4 Å². The molecule has 0 spiro atoms. The van der Waals surface area contributed by atoms with Gasteiger partial charge in [0.15, 0.2) is 0 Å². The van der Waals surface area contributed by atoms with Gasteiger partial charge in [-0.3, -0.25) is 4.98 Å². The van der Waals surface area contributed by atoms with Crippen molar-refractivity contribution in [3.63, 3.8) is 0 Å². The number of rotatable bonds is 0. The van der Waals surface area contributed by atoms with Gasteiger partial charge in [-0.1, -0.05) is 17.6 Å². The number of hydrogen-bond acceptors (Lipinski definition) is 2. The molecule has 1 radical (unpaired) electrons. The summed E-state index contributed by atoms with van der Waals surface area (Å²) in [6.07, 6.45) is 4.61. The Kier molecular flexibility index (Phi) is 7.69. The van der Waals surface area contributed by atoms with Crippen molar-refractivity contribution in [2.24, 2.45) is 0 Å². The van der Waals surface area contributed by atoms with E-state index in [1.165, 1.54) is 5.92 Å². The number of pyridine rings is 2. The maximum Gasteiger partial charge on any atom is 0.0271 e. The molecule has 0 fully saturated rings. The number of aryl methyl sites for hydroxylation is 1. The van der Waals surface area contributed by atoms with Crippen LogP contribution in [-0.2, 0) is 32.7 Å². The van der Waals surface area contributed by atoms with Crippen molar-refractivity contribution in [3.05, 3.63) is 42.2 Å². The molecule has 83 valence electrons. The van der Waals surface area contributed by atoms with E-state index in [2.05, 4.69) is 36.9 Å². The Bertz CT molecular complexity index is 424. The van der Waals surface area contributed by atoms with Crippen molar-refractivity contribution in [1.29, 1.82) is 0 Å². The molecule has 0 unspecified atom stereocenters. The molecular formula is C13H16N2Y-2. The third-order valence-electron chi connectivity index (χ3n) is 1.57. The van der Waals surface area contributed by atoms with E-state index in [1.54, 1.807) is 6.07 Å². The minimum Gasteiger partial charge on any atom is -0.386 e. The maximum absolute atomic E-state index is 4.15. The average molecular weight is 289 g/mol. The van der Waals surface area contributed by atoms with Gasteiger partial charge in [-0.2, -0.15) is 32.9 Å². The summed E-state index contributed by atoms with van der Waals surface area (Å²) in [5.74, 6) is 1.42. The van der Waals surface area contributed by atoms with Gasteiger partial charge < -0.3 is 10.9 Å². The molecule has 2 aromatic heterocycles. The van der Waals surface area contributed by atoms with Crippen molar-refractivity contribution in [3.8, 4) is 0 Å². The number of fused-ring (bicyclic) bond motifs is 1. The molecule has 0 N–H and O–H groups in total. The Labute approximate surface area is 123 Å². The van der Waals surface area contributed by atoms with Gasteiger partial charge >= 0.3 is 0 Å². The molecular weight excluding hydrogens is 273 g/mol. The first-order valence-corrected chi connectivity index (χ1v) is 4.96. The Balaban J connectivity index is 0.000000397. The number of nitrogens with zero attached hydrogens (tertiary/aromatic N) is 2. The summed E-state index contributed by atoms with van der Waals surface area (Å²) in [7, 11) is 0. The Morgan fingerprint density at radius 3 is 2.50 bits per heavy atom. The number of hydrogen-bond donors (Lipinski definition) is 0. The molecule has 0 saturated carbocycles. The fraction of sp³-hybridized carbons (Fsp3) is 0.308. The number of aromatic nitrogens is 2. The molecule has 0 aliphatic carbocycles. The first kappa shape index (κ1) is 15.7. The summed E-state index contributed by atoms with van der Waals surface area (Å²) in [6.45, 7) is 8.20. The van der Waals surface area contributed by atoms with Crippen molar-refractivity contribution in [1.82, 2.24) is 9.97 Å². The first-order valence-electron chi connectivity index (χ1n) is 4.96. The van der Waals surface area contributed by atoms with Crippen LogP contribution in [0.1, 0.15) is 26.5 Å². The molecule has 0 aliphatic heterocycles. The van der Waals surface area contributed by atoms with Crippen LogP contribution in [0.4, 0.5) is 0 Å². The third kappa shape index (κ3) is 5.67. The predicted molar refractivity (Wildman–Crippen MR) is 63.4 cm³/mol. The smallest absolute Gasteiger partial charge is 0.0271 e. The van der Waals surface area contributed by atoms with E-state index in [4.69, 9.17) is 0 Å². The maximum atomic E-state index is 4.15. The second-order valence-electron chi connectivity index (χ2n) is 3.96. The minimum absolute atomic E-state index is 0. The topological polar surface area (TPSA) is 25.8 Å². The van der Waals surface area contributed by atoms with Crippen LogP contribution in [0, 0.1) is 19.0 Å². The molecule has 2 rings (SSSR count). The summed E-state index contributed by atoms with van der Waals surface area (Å²) in [6, 6.07) is 5.69. The zero-order valence-corrected chi connectivity index (χ0v) is 13.1. The van der Waals surface area contributed by atoms with E-state index < -0.39 is 0 Å². The molecule has 16 heavy (non-hydrogen) atoms. The van der Waals surface area contributed by atoms with Crippen molar-refractivity contribution in [2.75, 3.05) is 0 Å². The summed E-state index contributed by atoms with van der Waals surface area (Å²) >= 11 is 0. The van der Waals surface area contributed by atoms with Gasteiger partial charge in [-0.25, -0.2) is 0 Å². The van der Waals surface area contributed by atoms with Crippen LogP contribution in [0.5, 0.6) is 0 Å². The molecule has 0 aliphatic rings. The third-order valence-corrected chi connectivity index (χ3v) is 1.57. The SMILES string of the molecule is C[C-](C)C.Cc1cc2n[c-]ccc2cn1.[Y]. The average Bonchev–Trinajstić information content (AvgIpc) is 2.16. The van der Waals surface area contributed by atoms with Crippen LogP contribution in [-0.4, -0.2) is 9.97 Å². The van der Waals surface area contributed by atoms with Crippen LogP contribution in [0.3, 0.4) is 0 Å². The van der Waals surface area contributed by atoms with Gasteiger partial charge in [0.25, 0.3) is 0 Å². The van der Waals surface area contributed by atoms with Crippen molar-refractivity contribution >= 4 is 10.9 Å². The van der Waals surface area contributed by atoms with Crippen LogP contribution >= 0.6 is 0 Å². The second kappa shape index (κ2) is 7.86. The van der Waals surface area contributed by atoms with E-state index in [-0.39, 0.29) is 32.7 Å².